The van der Waals surface area contributed by atoms with Crippen molar-refractivity contribution >= 4 is 39.8 Å². The lowest BCUT2D eigenvalue weighted by atomic mass is 10.0. The van der Waals surface area contributed by atoms with Crippen LogP contribution < -0.4 is 10.1 Å². The second kappa shape index (κ2) is 8.34. The summed E-state index contributed by atoms with van der Waals surface area (Å²) >= 11 is 1.21. The minimum absolute atomic E-state index is 0.332. The Morgan fingerprint density at radius 1 is 1.00 bits per heavy atom. The van der Waals surface area contributed by atoms with E-state index < -0.39 is 5.97 Å². The van der Waals surface area contributed by atoms with Crippen LogP contribution in [0.25, 0.3) is 22.2 Å². The van der Waals surface area contributed by atoms with Gasteiger partial charge in [0.1, 0.15) is 10.6 Å². The van der Waals surface area contributed by atoms with E-state index in [9.17, 15) is 9.59 Å². The number of ether oxygens (including phenoxy) is 2. The molecule has 0 radical (unpaired) electrons. The highest BCUT2D eigenvalue weighted by molar-refractivity contribution is 7.12. The summed E-state index contributed by atoms with van der Waals surface area (Å²) in [5.74, 6) is -0.118. The number of pyridine rings is 1. The number of methoxy groups -OCH3 is 2. The van der Waals surface area contributed by atoms with Crippen LogP contribution in [0.5, 0.6) is 5.75 Å². The van der Waals surface area contributed by atoms with Crippen LogP contribution in [0.4, 0.5) is 5.69 Å². The van der Waals surface area contributed by atoms with Gasteiger partial charge < -0.3 is 14.8 Å². The summed E-state index contributed by atoms with van der Waals surface area (Å²) in [6.07, 6.45) is 0. The summed E-state index contributed by atoms with van der Waals surface area (Å²) in [4.78, 5) is 30.2. The van der Waals surface area contributed by atoms with Crippen LogP contribution in [-0.2, 0) is 4.74 Å². The molecule has 2 aromatic heterocycles. The number of thiophene rings is 1. The second-order valence-corrected chi connectivity index (χ2v) is 7.33. The number of nitrogens with one attached hydrogen (secondary N) is 1. The van der Waals surface area contributed by atoms with E-state index >= 15 is 0 Å². The topological polar surface area (TPSA) is 77.5 Å². The molecule has 4 rings (SSSR count). The predicted molar refractivity (Wildman–Crippen MR) is 117 cm³/mol. The van der Waals surface area contributed by atoms with Gasteiger partial charge in [-0.15, -0.1) is 11.3 Å². The molecule has 0 unspecified atom stereocenters. The Morgan fingerprint density at radius 3 is 2.63 bits per heavy atom. The van der Waals surface area contributed by atoms with Crippen LogP contribution in [0.3, 0.4) is 0 Å². The van der Waals surface area contributed by atoms with Gasteiger partial charge in [-0.25, -0.2) is 9.78 Å². The second-order valence-electron chi connectivity index (χ2n) is 6.41. The maximum absolute atomic E-state index is 13.2. The zero-order valence-corrected chi connectivity index (χ0v) is 17.2. The lowest BCUT2D eigenvalue weighted by molar-refractivity contribution is 0.0607. The summed E-state index contributed by atoms with van der Waals surface area (Å²) in [5.41, 5.74) is 3.05. The smallest absolute Gasteiger partial charge is 0.350 e. The fourth-order valence-electron chi connectivity index (χ4n) is 3.14. The largest absolute Gasteiger partial charge is 0.497 e. The van der Waals surface area contributed by atoms with Crippen LogP contribution in [0.2, 0.25) is 0 Å². The standard InChI is InChI=1S/C23H18N2O4S/c1-28-15-7-5-6-14(12-15)20-13-17(16-8-3-4-9-18(16)24-20)22(26)25-19-10-11-30-21(19)23(27)29-2/h3-13H,1-2H3,(H,25,26). The Balaban J connectivity index is 1.79. The quantitative estimate of drug-likeness (QED) is 0.461. The molecule has 1 amide bonds. The summed E-state index contributed by atoms with van der Waals surface area (Å²) < 4.78 is 10.1. The van der Waals surface area contributed by atoms with Crippen molar-refractivity contribution in [3.8, 4) is 17.0 Å². The highest BCUT2D eigenvalue weighted by Gasteiger charge is 2.19. The monoisotopic (exact) mass is 418 g/mol. The third-order valence-electron chi connectivity index (χ3n) is 4.61. The van der Waals surface area contributed by atoms with E-state index in [1.54, 1.807) is 24.6 Å². The van der Waals surface area contributed by atoms with Gasteiger partial charge in [-0.1, -0.05) is 30.3 Å². The minimum Gasteiger partial charge on any atom is -0.497 e. The van der Waals surface area contributed by atoms with Gasteiger partial charge in [0, 0.05) is 10.9 Å². The highest BCUT2D eigenvalue weighted by atomic mass is 32.1. The van der Waals surface area contributed by atoms with Crippen molar-refractivity contribution in [2.24, 2.45) is 0 Å². The van der Waals surface area contributed by atoms with Crippen molar-refractivity contribution in [2.45, 2.75) is 0 Å². The number of nitrogens with zero attached hydrogens (tertiary/aromatic N) is 1. The first-order valence-electron chi connectivity index (χ1n) is 9.12. The predicted octanol–water partition coefficient (Wildman–Crippen LogP) is 5.01. The lowest BCUT2D eigenvalue weighted by Crippen LogP contribution is -2.15. The SMILES string of the molecule is COC(=O)c1sccc1NC(=O)c1cc(-c2cccc(OC)c2)nc2ccccc12. The van der Waals surface area contributed by atoms with E-state index in [1.807, 2.05) is 48.5 Å². The van der Waals surface area contributed by atoms with Gasteiger partial charge in [0.05, 0.1) is 36.7 Å². The van der Waals surface area contributed by atoms with Crippen molar-refractivity contribution in [1.29, 1.82) is 0 Å². The molecule has 0 aliphatic heterocycles. The van der Waals surface area contributed by atoms with E-state index in [-0.39, 0.29) is 5.91 Å². The van der Waals surface area contributed by atoms with Crippen LogP contribution in [0, 0.1) is 0 Å². The molecule has 0 atom stereocenters. The number of aromatic nitrogens is 1. The molecule has 6 nitrogen and oxygen atoms in total. The first-order chi connectivity index (χ1) is 14.6. The Labute approximate surface area is 177 Å². The van der Waals surface area contributed by atoms with Crippen LogP contribution in [0.1, 0.15) is 20.0 Å². The number of benzene rings is 2. The number of carbonyl (C=O) groups excluding carboxylic acids is 2. The molecule has 4 aromatic rings. The summed E-state index contributed by atoms with van der Waals surface area (Å²) in [7, 11) is 2.91. The summed E-state index contributed by atoms with van der Waals surface area (Å²) in [5, 5.41) is 5.28. The molecule has 0 fully saturated rings. The van der Waals surface area contributed by atoms with E-state index in [4.69, 9.17) is 14.5 Å². The molecule has 30 heavy (non-hydrogen) atoms. The third kappa shape index (κ3) is 3.75. The van der Waals surface area contributed by atoms with Crippen molar-refractivity contribution in [2.75, 3.05) is 19.5 Å². The normalized spacial score (nSPS) is 10.6. The lowest BCUT2D eigenvalue weighted by Gasteiger charge is -2.11. The van der Waals surface area contributed by atoms with Gasteiger partial charge in [0.2, 0.25) is 0 Å². The molecule has 0 spiro atoms. The summed E-state index contributed by atoms with van der Waals surface area (Å²) in [6, 6.07) is 18.4. The first kappa shape index (κ1) is 19.6. The Morgan fingerprint density at radius 2 is 1.83 bits per heavy atom. The molecule has 1 N–H and O–H groups in total. The maximum Gasteiger partial charge on any atom is 0.350 e. The van der Waals surface area contributed by atoms with E-state index in [2.05, 4.69) is 5.32 Å². The zero-order chi connectivity index (χ0) is 21.1. The zero-order valence-electron chi connectivity index (χ0n) is 16.3. The molecule has 0 aliphatic rings. The fraction of sp³-hybridized carbons (Fsp3) is 0.0870. The van der Waals surface area contributed by atoms with Gasteiger partial charge in [0.25, 0.3) is 5.91 Å². The van der Waals surface area contributed by atoms with E-state index in [0.29, 0.717) is 33.1 Å². The molecule has 0 aliphatic carbocycles. The molecule has 7 heteroatoms. The van der Waals surface area contributed by atoms with Crippen LogP contribution in [-0.4, -0.2) is 31.1 Å². The van der Waals surface area contributed by atoms with Crippen LogP contribution in [0.15, 0.2) is 66.0 Å². The van der Waals surface area contributed by atoms with Gasteiger partial charge in [0.15, 0.2) is 0 Å². The summed E-state index contributed by atoms with van der Waals surface area (Å²) in [6.45, 7) is 0. The van der Waals surface area contributed by atoms with E-state index in [0.717, 1.165) is 10.9 Å². The number of fused-ring (bicyclic) bond motifs is 1. The number of amides is 1. The molecular formula is C23H18N2O4S. The van der Waals surface area contributed by atoms with Gasteiger partial charge in [-0.05, 0) is 35.7 Å². The third-order valence-corrected chi connectivity index (χ3v) is 5.50. The molecular weight excluding hydrogens is 400 g/mol. The highest BCUT2D eigenvalue weighted by Crippen LogP contribution is 2.29. The fourth-order valence-corrected chi connectivity index (χ4v) is 3.91. The molecule has 2 aromatic carbocycles. The van der Waals surface area contributed by atoms with Gasteiger partial charge in [-0.3, -0.25) is 4.79 Å². The Hall–Kier alpha value is -3.71. The number of anilines is 1. The van der Waals surface area contributed by atoms with Gasteiger partial charge >= 0.3 is 5.97 Å². The molecule has 2 heterocycles. The molecule has 150 valence electrons. The van der Waals surface area contributed by atoms with Crippen LogP contribution >= 0.6 is 11.3 Å². The van der Waals surface area contributed by atoms with Crippen molar-refractivity contribution in [3.63, 3.8) is 0 Å². The first-order valence-corrected chi connectivity index (χ1v) is 10.00. The van der Waals surface area contributed by atoms with Crippen molar-refractivity contribution in [3.05, 3.63) is 76.5 Å². The maximum atomic E-state index is 13.2. The van der Waals surface area contributed by atoms with Gasteiger partial charge in [-0.2, -0.15) is 0 Å². The van der Waals surface area contributed by atoms with Crippen molar-refractivity contribution in [1.82, 2.24) is 4.98 Å². The number of para-hydroxylation sites is 1. The number of esters is 1. The molecule has 0 bridgehead atoms. The molecule has 0 saturated heterocycles. The van der Waals surface area contributed by atoms with Crippen molar-refractivity contribution < 1.29 is 19.1 Å². The Bertz CT molecular complexity index is 1250. The number of hydrogen-bond donors (Lipinski definition) is 1. The number of hydrogen-bond acceptors (Lipinski definition) is 6. The number of rotatable bonds is 5. The average molecular weight is 418 g/mol. The Kier molecular flexibility index (Phi) is 5.45. The number of carbonyl (C=O) groups is 2. The average Bonchev–Trinajstić information content (AvgIpc) is 3.25. The van der Waals surface area contributed by atoms with E-state index in [1.165, 1.54) is 18.4 Å². The molecule has 0 saturated carbocycles. The minimum atomic E-state index is -0.489.